The van der Waals surface area contributed by atoms with Crippen LogP contribution in [0.25, 0.3) is 0 Å². The highest BCUT2D eigenvalue weighted by atomic mass is 32.1. The van der Waals surface area contributed by atoms with Crippen LogP contribution < -0.4 is 5.32 Å². The van der Waals surface area contributed by atoms with Crippen LogP contribution in [-0.4, -0.2) is 26.1 Å². The fourth-order valence-corrected chi connectivity index (χ4v) is 3.48. The molecule has 1 aliphatic rings. The van der Waals surface area contributed by atoms with E-state index >= 15 is 0 Å². The minimum Gasteiger partial charge on any atom is -0.300 e. The van der Waals surface area contributed by atoms with Crippen molar-refractivity contribution in [3.63, 3.8) is 0 Å². The predicted octanol–water partition coefficient (Wildman–Crippen LogP) is 2.56. The SMILES string of the molecule is O=C(Cc1cnccn1)Nc1nnc(C2CCCCC2)s1. The topological polar surface area (TPSA) is 80.7 Å². The number of nitrogens with zero attached hydrogens (tertiary/aromatic N) is 4. The van der Waals surface area contributed by atoms with Crippen LogP contribution in [0.4, 0.5) is 5.13 Å². The number of amides is 1. The van der Waals surface area contributed by atoms with Gasteiger partial charge in [-0.25, -0.2) is 0 Å². The highest BCUT2D eigenvalue weighted by Crippen LogP contribution is 2.35. The van der Waals surface area contributed by atoms with Crippen molar-refractivity contribution in [2.24, 2.45) is 0 Å². The summed E-state index contributed by atoms with van der Waals surface area (Å²) in [6, 6.07) is 0. The molecule has 7 heteroatoms. The van der Waals surface area contributed by atoms with Gasteiger partial charge in [-0.2, -0.15) is 0 Å². The van der Waals surface area contributed by atoms with Crippen LogP contribution in [0.5, 0.6) is 0 Å². The minimum atomic E-state index is -0.137. The predicted molar refractivity (Wildman–Crippen MR) is 80.1 cm³/mol. The highest BCUT2D eigenvalue weighted by Gasteiger charge is 2.20. The number of hydrogen-bond acceptors (Lipinski definition) is 6. The first-order valence-corrected chi connectivity index (χ1v) is 8.01. The maximum absolute atomic E-state index is 11.9. The van der Waals surface area contributed by atoms with Crippen molar-refractivity contribution in [2.45, 2.75) is 44.4 Å². The Morgan fingerprint density at radius 1 is 1.24 bits per heavy atom. The molecule has 1 N–H and O–H groups in total. The Morgan fingerprint density at radius 3 is 2.86 bits per heavy atom. The first-order chi connectivity index (χ1) is 10.3. The summed E-state index contributed by atoms with van der Waals surface area (Å²) in [5.41, 5.74) is 0.645. The third-order valence-corrected chi connectivity index (χ3v) is 4.60. The summed E-state index contributed by atoms with van der Waals surface area (Å²) in [6.07, 6.45) is 11.2. The normalized spacial score (nSPS) is 15.8. The summed E-state index contributed by atoms with van der Waals surface area (Å²) >= 11 is 1.49. The molecular formula is C14H17N5OS. The van der Waals surface area contributed by atoms with Gasteiger partial charge in [0.1, 0.15) is 5.01 Å². The lowest BCUT2D eigenvalue weighted by molar-refractivity contribution is -0.115. The van der Waals surface area contributed by atoms with Gasteiger partial charge in [-0.1, -0.05) is 30.6 Å². The molecule has 2 aromatic rings. The summed E-state index contributed by atoms with van der Waals surface area (Å²) in [5.74, 6) is 0.378. The molecule has 21 heavy (non-hydrogen) atoms. The standard InChI is InChI=1S/C14H17N5OS/c20-12(8-11-9-15-6-7-16-11)17-14-19-18-13(21-14)10-4-2-1-3-5-10/h6-7,9-10H,1-5,8H2,(H,17,19,20). The molecule has 3 rings (SSSR count). The van der Waals surface area contributed by atoms with Gasteiger partial charge in [0.2, 0.25) is 11.0 Å². The van der Waals surface area contributed by atoms with Crippen molar-refractivity contribution in [3.8, 4) is 0 Å². The van der Waals surface area contributed by atoms with Crippen LogP contribution in [0.1, 0.15) is 48.7 Å². The number of nitrogens with one attached hydrogen (secondary N) is 1. The molecule has 0 spiro atoms. The molecule has 2 heterocycles. The van der Waals surface area contributed by atoms with Gasteiger partial charge in [0.25, 0.3) is 0 Å². The number of carbonyl (C=O) groups excluding carboxylic acids is 1. The van der Waals surface area contributed by atoms with Gasteiger partial charge in [-0.05, 0) is 12.8 Å². The van der Waals surface area contributed by atoms with E-state index in [1.54, 1.807) is 18.6 Å². The molecule has 2 aromatic heterocycles. The maximum Gasteiger partial charge on any atom is 0.232 e. The second-order valence-corrected chi connectivity index (χ2v) is 6.21. The average molecular weight is 303 g/mol. The van der Waals surface area contributed by atoms with E-state index in [2.05, 4.69) is 25.5 Å². The van der Waals surface area contributed by atoms with Gasteiger partial charge in [-0.15, -0.1) is 10.2 Å². The molecule has 1 saturated carbocycles. The van der Waals surface area contributed by atoms with E-state index in [9.17, 15) is 4.79 Å². The van der Waals surface area contributed by atoms with Crippen molar-refractivity contribution in [2.75, 3.05) is 5.32 Å². The van der Waals surface area contributed by atoms with E-state index in [0.717, 1.165) is 5.01 Å². The van der Waals surface area contributed by atoms with Gasteiger partial charge < -0.3 is 5.32 Å². The van der Waals surface area contributed by atoms with Gasteiger partial charge in [0.05, 0.1) is 12.1 Å². The molecule has 0 aliphatic heterocycles. The number of aromatic nitrogens is 4. The van der Waals surface area contributed by atoms with E-state index < -0.39 is 0 Å². The van der Waals surface area contributed by atoms with Crippen molar-refractivity contribution >= 4 is 22.4 Å². The van der Waals surface area contributed by atoms with Crippen molar-refractivity contribution in [3.05, 3.63) is 29.3 Å². The van der Waals surface area contributed by atoms with Gasteiger partial charge in [0, 0.05) is 24.5 Å². The van der Waals surface area contributed by atoms with Crippen LogP contribution in [0, 0.1) is 0 Å². The molecule has 0 radical (unpaired) electrons. The number of rotatable bonds is 4. The molecule has 1 amide bonds. The number of carbonyl (C=O) groups is 1. The van der Waals surface area contributed by atoms with E-state index in [-0.39, 0.29) is 12.3 Å². The van der Waals surface area contributed by atoms with E-state index in [1.165, 1.54) is 43.4 Å². The van der Waals surface area contributed by atoms with Gasteiger partial charge in [-0.3, -0.25) is 14.8 Å². The van der Waals surface area contributed by atoms with Crippen molar-refractivity contribution < 1.29 is 4.79 Å². The lowest BCUT2D eigenvalue weighted by Crippen LogP contribution is -2.15. The molecule has 0 unspecified atom stereocenters. The molecule has 0 saturated heterocycles. The molecule has 0 aromatic carbocycles. The van der Waals surface area contributed by atoms with Crippen molar-refractivity contribution in [1.82, 2.24) is 20.2 Å². The van der Waals surface area contributed by atoms with Crippen LogP contribution in [0.3, 0.4) is 0 Å². The minimum absolute atomic E-state index is 0.137. The largest absolute Gasteiger partial charge is 0.300 e. The summed E-state index contributed by atoms with van der Waals surface area (Å²) in [6.45, 7) is 0. The molecular weight excluding hydrogens is 286 g/mol. The Morgan fingerprint density at radius 2 is 2.10 bits per heavy atom. The Bertz CT molecular complexity index is 594. The Labute approximate surface area is 127 Å². The zero-order chi connectivity index (χ0) is 14.5. The zero-order valence-electron chi connectivity index (χ0n) is 11.7. The van der Waals surface area contributed by atoms with Gasteiger partial charge in [0.15, 0.2) is 0 Å². The summed E-state index contributed by atoms with van der Waals surface area (Å²) in [5, 5.41) is 12.7. The summed E-state index contributed by atoms with van der Waals surface area (Å²) in [7, 11) is 0. The highest BCUT2D eigenvalue weighted by molar-refractivity contribution is 7.15. The summed E-state index contributed by atoms with van der Waals surface area (Å²) in [4.78, 5) is 20.0. The van der Waals surface area contributed by atoms with Crippen LogP contribution >= 0.6 is 11.3 Å². The average Bonchev–Trinajstić information content (AvgIpc) is 2.97. The van der Waals surface area contributed by atoms with Crippen LogP contribution in [0.15, 0.2) is 18.6 Å². The fraction of sp³-hybridized carbons (Fsp3) is 0.500. The first-order valence-electron chi connectivity index (χ1n) is 7.19. The van der Waals surface area contributed by atoms with Crippen LogP contribution in [0.2, 0.25) is 0 Å². The maximum atomic E-state index is 11.9. The quantitative estimate of drug-likeness (QED) is 0.938. The third-order valence-electron chi connectivity index (χ3n) is 3.60. The monoisotopic (exact) mass is 303 g/mol. The molecule has 1 aliphatic carbocycles. The lowest BCUT2D eigenvalue weighted by Gasteiger charge is -2.18. The fourth-order valence-electron chi connectivity index (χ4n) is 2.55. The zero-order valence-corrected chi connectivity index (χ0v) is 12.5. The molecule has 1 fully saturated rings. The third kappa shape index (κ3) is 3.81. The van der Waals surface area contributed by atoms with Crippen molar-refractivity contribution in [1.29, 1.82) is 0 Å². The smallest absolute Gasteiger partial charge is 0.232 e. The molecule has 110 valence electrons. The summed E-state index contributed by atoms with van der Waals surface area (Å²) < 4.78 is 0. The molecule has 0 bridgehead atoms. The number of anilines is 1. The second-order valence-electron chi connectivity index (χ2n) is 5.20. The van der Waals surface area contributed by atoms with E-state index in [4.69, 9.17) is 0 Å². The lowest BCUT2D eigenvalue weighted by atomic mass is 9.90. The Hall–Kier alpha value is -1.89. The van der Waals surface area contributed by atoms with E-state index in [0.29, 0.717) is 16.7 Å². The Balaban J connectivity index is 1.57. The first kappa shape index (κ1) is 14.1. The second kappa shape index (κ2) is 6.71. The van der Waals surface area contributed by atoms with E-state index in [1.807, 2.05) is 0 Å². The Kier molecular flexibility index (Phi) is 4.49. The molecule has 0 atom stereocenters. The van der Waals surface area contributed by atoms with Crippen LogP contribution in [-0.2, 0) is 11.2 Å². The van der Waals surface area contributed by atoms with Gasteiger partial charge >= 0.3 is 0 Å². The molecule has 6 nitrogen and oxygen atoms in total. The number of hydrogen-bond donors (Lipinski definition) is 1.